The Labute approximate surface area is 92.4 Å². The zero-order valence-electron chi connectivity index (χ0n) is 9.71. The molecule has 0 aromatic heterocycles. The molecule has 2 N–H and O–H groups in total. The lowest BCUT2D eigenvalue weighted by molar-refractivity contribution is -0.120. The van der Waals surface area contributed by atoms with E-state index in [-0.39, 0.29) is 6.10 Å². The molecule has 0 radical (unpaired) electrons. The molecule has 0 aromatic rings. The van der Waals surface area contributed by atoms with Crippen molar-refractivity contribution in [3.63, 3.8) is 0 Å². The summed E-state index contributed by atoms with van der Waals surface area (Å²) < 4.78 is 0. The molecule has 1 aliphatic heterocycles. The molecule has 15 heavy (non-hydrogen) atoms. The van der Waals surface area contributed by atoms with Crippen molar-refractivity contribution in [3.8, 4) is 0 Å². The maximum absolute atomic E-state index is 9.36. The van der Waals surface area contributed by atoms with Crippen LogP contribution in [0.3, 0.4) is 0 Å². The minimum absolute atomic E-state index is 0.0327. The average Bonchev–Trinajstić information content (AvgIpc) is 2.11. The monoisotopic (exact) mass is 209 g/mol. The summed E-state index contributed by atoms with van der Waals surface area (Å²) in [6.07, 6.45) is 7.77. The molecule has 3 aliphatic rings. The fourth-order valence-electron chi connectivity index (χ4n) is 4.03. The fourth-order valence-corrected chi connectivity index (χ4v) is 4.03. The van der Waals surface area contributed by atoms with Gasteiger partial charge in [0, 0.05) is 6.04 Å². The van der Waals surface area contributed by atoms with Gasteiger partial charge in [-0.1, -0.05) is 6.92 Å². The van der Waals surface area contributed by atoms with Crippen molar-refractivity contribution in [1.29, 1.82) is 0 Å². The van der Waals surface area contributed by atoms with E-state index in [1.54, 1.807) is 0 Å². The molecule has 3 fully saturated rings. The number of rotatable bonds is 1. The van der Waals surface area contributed by atoms with Gasteiger partial charge in [-0.25, -0.2) is 0 Å². The topological polar surface area (TPSA) is 32.3 Å². The van der Waals surface area contributed by atoms with E-state index in [0.717, 1.165) is 30.7 Å². The predicted molar refractivity (Wildman–Crippen MR) is 60.6 cm³/mol. The summed E-state index contributed by atoms with van der Waals surface area (Å²) in [6, 6.07) is 0.796. The Balaban J connectivity index is 1.47. The first-order chi connectivity index (χ1) is 7.17. The van der Waals surface area contributed by atoms with Crippen LogP contribution in [0.1, 0.15) is 45.4 Å². The Kier molecular flexibility index (Phi) is 2.33. The zero-order valence-corrected chi connectivity index (χ0v) is 9.71. The van der Waals surface area contributed by atoms with Gasteiger partial charge in [0.05, 0.1) is 6.10 Å². The number of piperidine rings is 1. The van der Waals surface area contributed by atoms with Crippen molar-refractivity contribution in [1.82, 2.24) is 5.32 Å². The largest absolute Gasteiger partial charge is 0.393 e. The van der Waals surface area contributed by atoms with Crippen LogP contribution in [0.15, 0.2) is 0 Å². The van der Waals surface area contributed by atoms with Crippen LogP contribution in [0.5, 0.6) is 0 Å². The van der Waals surface area contributed by atoms with Gasteiger partial charge in [0.25, 0.3) is 0 Å². The van der Waals surface area contributed by atoms with Gasteiger partial charge in [0.2, 0.25) is 0 Å². The third kappa shape index (κ3) is 1.72. The molecule has 1 heterocycles. The van der Waals surface area contributed by atoms with Crippen LogP contribution >= 0.6 is 0 Å². The highest BCUT2D eigenvalue weighted by Crippen LogP contribution is 2.59. The first-order valence-electron chi connectivity index (χ1n) is 6.58. The summed E-state index contributed by atoms with van der Waals surface area (Å²) in [5.41, 5.74) is 0.592. The molecule has 0 bridgehead atoms. The molecule has 86 valence electrons. The highest BCUT2D eigenvalue weighted by Gasteiger charge is 2.54. The first kappa shape index (κ1) is 10.1. The molecule has 1 spiro atoms. The standard InChI is InChI=1S/C13H23NO/c1-9-2-3-12(14-8-9)10-4-13(5-10)6-11(15)7-13/h9-12,14-15H,2-8H2,1H3/t9-,10?,11?,12+,13?/m0/s1. The van der Waals surface area contributed by atoms with Crippen molar-refractivity contribution in [3.05, 3.63) is 0 Å². The van der Waals surface area contributed by atoms with Gasteiger partial charge < -0.3 is 10.4 Å². The number of nitrogens with one attached hydrogen (secondary N) is 1. The van der Waals surface area contributed by atoms with E-state index in [4.69, 9.17) is 0 Å². The van der Waals surface area contributed by atoms with Gasteiger partial charge in [-0.3, -0.25) is 0 Å². The molecule has 2 heteroatoms. The van der Waals surface area contributed by atoms with Crippen molar-refractivity contribution < 1.29 is 5.11 Å². The summed E-state index contributed by atoms with van der Waals surface area (Å²) >= 11 is 0. The predicted octanol–water partition coefficient (Wildman–Crippen LogP) is 1.93. The Morgan fingerprint density at radius 1 is 1.13 bits per heavy atom. The second-order valence-corrected chi connectivity index (χ2v) is 6.43. The van der Waals surface area contributed by atoms with Crippen molar-refractivity contribution >= 4 is 0 Å². The van der Waals surface area contributed by atoms with E-state index in [2.05, 4.69) is 12.2 Å². The molecule has 2 atom stereocenters. The lowest BCUT2D eigenvalue weighted by atomic mass is 9.49. The van der Waals surface area contributed by atoms with E-state index >= 15 is 0 Å². The van der Waals surface area contributed by atoms with Gasteiger partial charge in [-0.05, 0) is 62.3 Å². The average molecular weight is 209 g/mol. The molecule has 2 saturated carbocycles. The molecular formula is C13H23NO. The van der Waals surface area contributed by atoms with E-state index in [1.807, 2.05) is 0 Å². The second-order valence-electron chi connectivity index (χ2n) is 6.43. The highest BCUT2D eigenvalue weighted by atomic mass is 16.3. The molecule has 0 amide bonds. The van der Waals surface area contributed by atoms with Crippen LogP contribution in [0.2, 0.25) is 0 Å². The second kappa shape index (κ2) is 3.46. The number of hydrogen-bond donors (Lipinski definition) is 2. The highest BCUT2D eigenvalue weighted by molar-refractivity contribution is 5.06. The third-order valence-electron chi connectivity index (χ3n) is 5.00. The van der Waals surface area contributed by atoms with E-state index in [1.165, 1.54) is 32.2 Å². The molecule has 1 saturated heterocycles. The van der Waals surface area contributed by atoms with Crippen LogP contribution < -0.4 is 5.32 Å². The smallest absolute Gasteiger partial charge is 0.0550 e. The molecule has 0 unspecified atom stereocenters. The molecule has 0 aromatic carbocycles. The summed E-state index contributed by atoms with van der Waals surface area (Å²) in [6.45, 7) is 3.56. The van der Waals surface area contributed by atoms with Crippen LogP contribution in [-0.2, 0) is 0 Å². The minimum Gasteiger partial charge on any atom is -0.393 e. The number of aliphatic hydroxyl groups excluding tert-OH is 1. The SMILES string of the molecule is C[C@H]1CC[C@H](C2CC3(CC(O)C3)C2)NC1. The Morgan fingerprint density at radius 2 is 1.87 bits per heavy atom. The summed E-state index contributed by atoms with van der Waals surface area (Å²) in [5.74, 6) is 1.80. The summed E-state index contributed by atoms with van der Waals surface area (Å²) in [5, 5.41) is 13.1. The summed E-state index contributed by atoms with van der Waals surface area (Å²) in [4.78, 5) is 0. The quantitative estimate of drug-likeness (QED) is 0.691. The van der Waals surface area contributed by atoms with E-state index in [9.17, 15) is 5.11 Å². The Hall–Kier alpha value is -0.0800. The Bertz CT molecular complexity index is 231. The van der Waals surface area contributed by atoms with Crippen LogP contribution in [0, 0.1) is 17.3 Å². The van der Waals surface area contributed by atoms with Crippen molar-refractivity contribution in [2.24, 2.45) is 17.3 Å². The molecule has 2 nitrogen and oxygen atoms in total. The number of aliphatic hydroxyl groups is 1. The van der Waals surface area contributed by atoms with Crippen LogP contribution in [-0.4, -0.2) is 23.8 Å². The van der Waals surface area contributed by atoms with E-state index in [0.29, 0.717) is 5.41 Å². The van der Waals surface area contributed by atoms with Gasteiger partial charge in [-0.2, -0.15) is 0 Å². The van der Waals surface area contributed by atoms with Crippen LogP contribution in [0.4, 0.5) is 0 Å². The normalized spacial score (nSPS) is 54.8. The van der Waals surface area contributed by atoms with Crippen molar-refractivity contribution in [2.75, 3.05) is 6.54 Å². The van der Waals surface area contributed by atoms with Gasteiger partial charge >= 0.3 is 0 Å². The fraction of sp³-hybridized carbons (Fsp3) is 1.00. The van der Waals surface area contributed by atoms with Crippen LogP contribution in [0.25, 0.3) is 0 Å². The van der Waals surface area contributed by atoms with Gasteiger partial charge in [-0.15, -0.1) is 0 Å². The lowest BCUT2D eigenvalue weighted by Gasteiger charge is -2.58. The number of hydrogen-bond acceptors (Lipinski definition) is 2. The van der Waals surface area contributed by atoms with Gasteiger partial charge in [0.1, 0.15) is 0 Å². The van der Waals surface area contributed by atoms with Gasteiger partial charge in [0.15, 0.2) is 0 Å². The maximum atomic E-state index is 9.36. The van der Waals surface area contributed by atoms with E-state index < -0.39 is 0 Å². The maximum Gasteiger partial charge on any atom is 0.0550 e. The molecular weight excluding hydrogens is 186 g/mol. The molecule has 3 rings (SSSR count). The zero-order chi connectivity index (χ0) is 10.5. The van der Waals surface area contributed by atoms with Crippen molar-refractivity contribution in [2.45, 2.75) is 57.6 Å². The third-order valence-corrected chi connectivity index (χ3v) is 5.00. The molecule has 2 aliphatic carbocycles. The first-order valence-corrected chi connectivity index (χ1v) is 6.58. The lowest BCUT2D eigenvalue weighted by Crippen LogP contribution is -2.56. The minimum atomic E-state index is 0.0327. The summed E-state index contributed by atoms with van der Waals surface area (Å²) in [7, 11) is 0. The Morgan fingerprint density at radius 3 is 2.40 bits per heavy atom.